The van der Waals surface area contributed by atoms with Gasteiger partial charge in [-0.05, 0) is 12.8 Å². The highest BCUT2D eigenvalue weighted by atomic mass is 16.5. The van der Waals surface area contributed by atoms with Gasteiger partial charge in [-0.15, -0.1) is 0 Å². The van der Waals surface area contributed by atoms with Crippen molar-refractivity contribution in [1.82, 2.24) is 4.90 Å². The van der Waals surface area contributed by atoms with Crippen LogP contribution in [0.25, 0.3) is 0 Å². The molecule has 92 valence electrons. The van der Waals surface area contributed by atoms with E-state index in [1.165, 1.54) is 0 Å². The number of rotatable bonds is 3. The van der Waals surface area contributed by atoms with E-state index >= 15 is 0 Å². The van der Waals surface area contributed by atoms with Gasteiger partial charge in [0.2, 0.25) is 0 Å². The van der Waals surface area contributed by atoms with Gasteiger partial charge in [-0.1, -0.05) is 0 Å². The molecule has 2 aliphatic heterocycles. The summed E-state index contributed by atoms with van der Waals surface area (Å²) < 4.78 is 10.9. The van der Waals surface area contributed by atoms with Crippen LogP contribution in [-0.4, -0.2) is 61.0 Å². The number of hydrogen-bond donors (Lipinski definition) is 1. The summed E-state index contributed by atoms with van der Waals surface area (Å²) in [5.74, 6) is -0.785. The lowest BCUT2D eigenvalue weighted by Gasteiger charge is -2.39. The molecule has 1 N–H and O–H groups in total. The highest BCUT2D eigenvalue weighted by molar-refractivity contribution is 5.67. The van der Waals surface area contributed by atoms with E-state index in [4.69, 9.17) is 14.6 Å². The Labute approximate surface area is 95.3 Å². The molecule has 0 spiro atoms. The summed E-state index contributed by atoms with van der Waals surface area (Å²) in [5, 5.41) is 8.74. The van der Waals surface area contributed by atoms with Crippen LogP contribution >= 0.6 is 0 Å². The van der Waals surface area contributed by atoms with Crippen LogP contribution in [0.2, 0.25) is 0 Å². The van der Waals surface area contributed by atoms with Crippen LogP contribution in [0.4, 0.5) is 0 Å². The lowest BCUT2D eigenvalue weighted by atomic mass is 10.1. The monoisotopic (exact) mass is 229 g/mol. The van der Waals surface area contributed by atoms with Crippen LogP contribution in [0.3, 0.4) is 0 Å². The minimum Gasteiger partial charge on any atom is -0.481 e. The topological polar surface area (TPSA) is 59.0 Å². The molecular formula is C11H19NO4. The maximum Gasteiger partial charge on any atom is 0.306 e. The predicted molar refractivity (Wildman–Crippen MR) is 57.4 cm³/mol. The quantitative estimate of drug-likeness (QED) is 0.756. The molecule has 2 atom stereocenters. The molecular weight excluding hydrogens is 210 g/mol. The zero-order valence-electron chi connectivity index (χ0n) is 9.43. The first-order valence-corrected chi connectivity index (χ1v) is 5.91. The van der Waals surface area contributed by atoms with Gasteiger partial charge in [0.15, 0.2) is 0 Å². The number of morpholine rings is 1. The van der Waals surface area contributed by atoms with Crippen molar-refractivity contribution in [2.24, 2.45) is 0 Å². The summed E-state index contributed by atoms with van der Waals surface area (Å²) in [6.45, 7) is 3.89. The largest absolute Gasteiger partial charge is 0.481 e. The average Bonchev–Trinajstić information content (AvgIpc) is 2.30. The fourth-order valence-electron chi connectivity index (χ4n) is 2.40. The molecule has 16 heavy (non-hydrogen) atoms. The highest BCUT2D eigenvalue weighted by Crippen LogP contribution is 2.17. The zero-order chi connectivity index (χ0) is 11.4. The third-order valence-electron chi connectivity index (χ3n) is 3.23. The van der Waals surface area contributed by atoms with E-state index in [0.717, 1.165) is 39.1 Å². The van der Waals surface area contributed by atoms with Crippen molar-refractivity contribution in [3.05, 3.63) is 0 Å². The summed E-state index contributed by atoms with van der Waals surface area (Å²) in [6.07, 6.45) is 2.20. The van der Waals surface area contributed by atoms with Crippen molar-refractivity contribution in [3.8, 4) is 0 Å². The van der Waals surface area contributed by atoms with E-state index < -0.39 is 5.97 Å². The van der Waals surface area contributed by atoms with Crippen molar-refractivity contribution in [1.29, 1.82) is 0 Å². The first-order chi connectivity index (χ1) is 7.75. The molecule has 0 aromatic rings. The van der Waals surface area contributed by atoms with Gasteiger partial charge in [-0.3, -0.25) is 9.69 Å². The van der Waals surface area contributed by atoms with Gasteiger partial charge < -0.3 is 14.6 Å². The molecule has 0 bridgehead atoms. The molecule has 2 unspecified atom stereocenters. The molecule has 0 aromatic heterocycles. The predicted octanol–water partition coefficient (Wildman–Crippen LogP) is 0.341. The van der Waals surface area contributed by atoms with Gasteiger partial charge in [0.25, 0.3) is 0 Å². The third-order valence-corrected chi connectivity index (χ3v) is 3.23. The molecule has 0 amide bonds. The van der Waals surface area contributed by atoms with Crippen LogP contribution in [0.5, 0.6) is 0 Å². The molecule has 0 aliphatic carbocycles. The number of aliphatic carboxylic acids is 1. The standard InChI is InChI=1S/C11H19NO4/c13-11(14)6-10-7-12(3-5-16-10)9-2-1-4-15-8-9/h9-10H,1-8H2,(H,13,14). The Balaban J connectivity index is 1.83. The van der Waals surface area contributed by atoms with E-state index in [9.17, 15) is 4.79 Å². The molecule has 0 saturated carbocycles. The number of carbonyl (C=O) groups is 1. The molecule has 5 nitrogen and oxygen atoms in total. The number of ether oxygens (including phenoxy) is 2. The van der Waals surface area contributed by atoms with Gasteiger partial charge in [-0.25, -0.2) is 0 Å². The van der Waals surface area contributed by atoms with E-state index in [1.807, 2.05) is 0 Å². The average molecular weight is 229 g/mol. The SMILES string of the molecule is O=C(O)CC1CN(C2CCCOC2)CCO1. The van der Waals surface area contributed by atoms with Gasteiger partial charge in [0.05, 0.1) is 25.7 Å². The molecule has 2 saturated heterocycles. The van der Waals surface area contributed by atoms with Gasteiger partial charge in [0.1, 0.15) is 0 Å². The Morgan fingerprint density at radius 3 is 3.00 bits per heavy atom. The third kappa shape index (κ3) is 3.17. The first kappa shape index (κ1) is 11.8. The second-order valence-corrected chi connectivity index (χ2v) is 4.46. The second-order valence-electron chi connectivity index (χ2n) is 4.46. The zero-order valence-corrected chi connectivity index (χ0v) is 9.43. The van der Waals surface area contributed by atoms with Crippen LogP contribution in [0, 0.1) is 0 Å². The first-order valence-electron chi connectivity index (χ1n) is 5.91. The van der Waals surface area contributed by atoms with Crippen molar-refractivity contribution in [3.63, 3.8) is 0 Å². The lowest BCUT2D eigenvalue weighted by Crippen LogP contribution is -2.50. The lowest BCUT2D eigenvalue weighted by molar-refractivity contribution is -0.143. The molecule has 0 radical (unpaired) electrons. The van der Waals surface area contributed by atoms with Crippen molar-refractivity contribution < 1.29 is 19.4 Å². The van der Waals surface area contributed by atoms with Gasteiger partial charge >= 0.3 is 5.97 Å². The second kappa shape index (κ2) is 5.61. The van der Waals surface area contributed by atoms with E-state index in [2.05, 4.69) is 4.90 Å². The van der Waals surface area contributed by atoms with Gasteiger partial charge in [0, 0.05) is 25.7 Å². The van der Waals surface area contributed by atoms with E-state index in [0.29, 0.717) is 12.6 Å². The van der Waals surface area contributed by atoms with Crippen LogP contribution in [-0.2, 0) is 14.3 Å². The van der Waals surface area contributed by atoms with Crippen LogP contribution in [0.1, 0.15) is 19.3 Å². The minimum atomic E-state index is -0.785. The molecule has 0 aromatic carbocycles. The highest BCUT2D eigenvalue weighted by Gasteiger charge is 2.28. The summed E-state index contributed by atoms with van der Waals surface area (Å²) in [6, 6.07) is 0.453. The normalized spacial score (nSPS) is 32.5. The van der Waals surface area contributed by atoms with Crippen molar-refractivity contribution in [2.75, 3.05) is 32.9 Å². The summed E-state index contributed by atoms with van der Waals surface area (Å²) in [4.78, 5) is 12.9. The number of nitrogens with zero attached hydrogens (tertiary/aromatic N) is 1. The van der Waals surface area contributed by atoms with E-state index in [1.54, 1.807) is 0 Å². The Bertz CT molecular complexity index is 240. The minimum absolute atomic E-state index is 0.101. The van der Waals surface area contributed by atoms with Crippen molar-refractivity contribution >= 4 is 5.97 Å². The Morgan fingerprint density at radius 1 is 1.44 bits per heavy atom. The molecule has 2 heterocycles. The number of carboxylic acids is 1. The fourth-order valence-corrected chi connectivity index (χ4v) is 2.40. The Morgan fingerprint density at radius 2 is 2.31 bits per heavy atom. The molecule has 5 heteroatoms. The van der Waals surface area contributed by atoms with Crippen LogP contribution < -0.4 is 0 Å². The van der Waals surface area contributed by atoms with Crippen molar-refractivity contribution in [2.45, 2.75) is 31.4 Å². The molecule has 2 aliphatic rings. The maximum atomic E-state index is 10.6. The summed E-state index contributed by atoms with van der Waals surface area (Å²) in [5.41, 5.74) is 0. The summed E-state index contributed by atoms with van der Waals surface area (Å²) >= 11 is 0. The van der Waals surface area contributed by atoms with E-state index in [-0.39, 0.29) is 12.5 Å². The summed E-state index contributed by atoms with van der Waals surface area (Å²) in [7, 11) is 0. The maximum absolute atomic E-state index is 10.6. The number of hydrogen-bond acceptors (Lipinski definition) is 4. The number of carboxylic acid groups (broad SMARTS) is 1. The van der Waals surface area contributed by atoms with Gasteiger partial charge in [-0.2, -0.15) is 0 Å². The van der Waals surface area contributed by atoms with Crippen LogP contribution in [0.15, 0.2) is 0 Å². The fraction of sp³-hybridized carbons (Fsp3) is 0.909. The molecule has 2 fully saturated rings. The smallest absolute Gasteiger partial charge is 0.306 e. The Hall–Kier alpha value is -0.650. The molecule has 2 rings (SSSR count). The Kier molecular flexibility index (Phi) is 4.15.